The molecule has 2 N–H and O–H groups in total. The zero-order valence-electron chi connectivity index (χ0n) is 12.0. The van der Waals surface area contributed by atoms with E-state index in [0.717, 1.165) is 44.7 Å². The molecule has 1 saturated heterocycles. The SMILES string of the molecule is NCC1CCCCN(C2CC2)C1c1cc(F)c(F)cc1F. The van der Waals surface area contributed by atoms with Crippen LogP contribution in [0.25, 0.3) is 0 Å². The van der Waals surface area contributed by atoms with Crippen molar-refractivity contribution in [1.29, 1.82) is 0 Å². The van der Waals surface area contributed by atoms with Gasteiger partial charge in [-0.25, -0.2) is 13.2 Å². The van der Waals surface area contributed by atoms with Gasteiger partial charge in [0.2, 0.25) is 0 Å². The topological polar surface area (TPSA) is 29.3 Å². The summed E-state index contributed by atoms with van der Waals surface area (Å²) in [5.74, 6) is -2.69. The smallest absolute Gasteiger partial charge is 0.161 e. The van der Waals surface area contributed by atoms with Crippen LogP contribution in [0.2, 0.25) is 0 Å². The van der Waals surface area contributed by atoms with Crippen LogP contribution in [0.15, 0.2) is 12.1 Å². The summed E-state index contributed by atoms with van der Waals surface area (Å²) in [5.41, 5.74) is 6.15. The number of nitrogens with two attached hydrogens (primary N) is 1. The lowest BCUT2D eigenvalue weighted by molar-refractivity contribution is 0.145. The van der Waals surface area contributed by atoms with Crippen LogP contribution in [0.3, 0.4) is 0 Å². The first kappa shape index (κ1) is 14.9. The fourth-order valence-corrected chi connectivity index (χ4v) is 3.53. The van der Waals surface area contributed by atoms with Gasteiger partial charge < -0.3 is 5.73 Å². The molecule has 2 aliphatic rings. The van der Waals surface area contributed by atoms with E-state index in [4.69, 9.17) is 5.73 Å². The molecule has 1 heterocycles. The van der Waals surface area contributed by atoms with E-state index in [-0.39, 0.29) is 17.5 Å². The zero-order chi connectivity index (χ0) is 15.0. The van der Waals surface area contributed by atoms with Crippen LogP contribution in [0.5, 0.6) is 0 Å². The molecule has 1 aliphatic carbocycles. The molecule has 2 unspecified atom stereocenters. The predicted molar refractivity (Wildman–Crippen MR) is 75.2 cm³/mol. The Morgan fingerprint density at radius 1 is 1.00 bits per heavy atom. The summed E-state index contributed by atoms with van der Waals surface area (Å²) < 4.78 is 41.0. The van der Waals surface area contributed by atoms with E-state index in [9.17, 15) is 13.2 Å². The van der Waals surface area contributed by atoms with Gasteiger partial charge in [0.25, 0.3) is 0 Å². The van der Waals surface area contributed by atoms with Crippen molar-refractivity contribution in [3.8, 4) is 0 Å². The maximum Gasteiger partial charge on any atom is 0.161 e. The lowest BCUT2D eigenvalue weighted by atomic mass is 9.88. The standard InChI is InChI=1S/C16H21F3N2/c17-13-8-15(19)14(18)7-12(13)16-10(9-20)3-1-2-6-21(16)11-4-5-11/h7-8,10-11,16H,1-6,9,20H2. The molecule has 0 amide bonds. The van der Waals surface area contributed by atoms with Crippen LogP contribution in [0.1, 0.15) is 43.7 Å². The first-order valence-corrected chi connectivity index (χ1v) is 7.72. The molecular formula is C16H21F3N2. The average molecular weight is 298 g/mol. The molecule has 1 aliphatic heterocycles. The lowest BCUT2D eigenvalue weighted by Crippen LogP contribution is -2.37. The minimum atomic E-state index is -1.13. The van der Waals surface area contributed by atoms with Gasteiger partial charge in [-0.05, 0) is 50.8 Å². The van der Waals surface area contributed by atoms with Crippen LogP contribution >= 0.6 is 0 Å². The van der Waals surface area contributed by atoms with Crippen molar-refractivity contribution in [3.05, 3.63) is 35.1 Å². The fraction of sp³-hybridized carbons (Fsp3) is 0.625. The third-order valence-corrected chi connectivity index (χ3v) is 4.72. The molecule has 21 heavy (non-hydrogen) atoms. The van der Waals surface area contributed by atoms with Crippen molar-refractivity contribution >= 4 is 0 Å². The number of rotatable bonds is 3. The maximum atomic E-state index is 14.2. The first-order valence-electron chi connectivity index (χ1n) is 7.72. The molecule has 0 radical (unpaired) electrons. The molecule has 1 saturated carbocycles. The van der Waals surface area contributed by atoms with E-state index in [1.807, 2.05) is 0 Å². The van der Waals surface area contributed by atoms with Crippen molar-refractivity contribution in [3.63, 3.8) is 0 Å². The van der Waals surface area contributed by atoms with Gasteiger partial charge in [0, 0.05) is 23.7 Å². The number of halogens is 3. The second-order valence-electron chi connectivity index (χ2n) is 6.19. The van der Waals surface area contributed by atoms with Gasteiger partial charge in [0.05, 0.1) is 0 Å². The highest BCUT2D eigenvalue weighted by atomic mass is 19.2. The highest BCUT2D eigenvalue weighted by molar-refractivity contribution is 5.25. The molecule has 116 valence electrons. The molecule has 0 bridgehead atoms. The zero-order valence-corrected chi connectivity index (χ0v) is 12.0. The molecule has 3 rings (SSSR count). The van der Waals surface area contributed by atoms with E-state index in [1.54, 1.807) is 0 Å². The van der Waals surface area contributed by atoms with Crippen LogP contribution < -0.4 is 5.73 Å². The number of nitrogens with zero attached hydrogens (tertiary/aromatic N) is 1. The van der Waals surface area contributed by atoms with E-state index in [2.05, 4.69) is 4.90 Å². The first-order chi connectivity index (χ1) is 10.1. The van der Waals surface area contributed by atoms with Crippen molar-refractivity contribution in [1.82, 2.24) is 4.90 Å². The highest BCUT2D eigenvalue weighted by Gasteiger charge is 2.40. The van der Waals surface area contributed by atoms with Gasteiger partial charge in [-0.2, -0.15) is 0 Å². The molecule has 5 heteroatoms. The normalized spacial score (nSPS) is 27.6. The summed E-state index contributed by atoms with van der Waals surface area (Å²) >= 11 is 0. The third kappa shape index (κ3) is 2.94. The van der Waals surface area contributed by atoms with Crippen molar-refractivity contribution < 1.29 is 13.2 Å². The summed E-state index contributed by atoms with van der Waals surface area (Å²) in [7, 11) is 0. The Labute approximate surface area is 123 Å². The van der Waals surface area contributed by atoms with Crippen molar-refractivity contribution in [2.75, 3.05) is 13.1 Å². The van der Waals surface area contributed by atoms with E-state index < -0.39 is 17.5 Å². The molecule has 2 nitrogen and oxygen atoms in total. The Balaban J connectivity index is 2.02. The minimum Gasteiger partial charge on any atom is -0.330 e. The van der Waals surface area contributed by atoms with Gasteiger partial charge >= 0.3 is 0 Å². The monoisotopic (exact) mass is 298 g/mol. The highest BCUT2D eigenvalue weighted by Crippen LogP contribution is 2.42. The summed E-state index contributed by atoms with van der Waals surface area (Å²) in [5, 5.41) is 0. The second kappa shape index (κ2) is 5.97. The summed E-state index contributed by atoms with van der Waals surface area (Å²) in [6.07, 6.45) is 5.20. The molecule has 0 aromatic heterocycles. The van der Waals surface area contributed by atoms with E-state index in [1.165, 1.54) is 0 Å². The van der Waals surface area contributed by atoms with Gasteiger partial charge in [-0.1, -0.05) is 6.42 Å². The Hall–Kier alpha value is -1.07. The van der Waals surface area contributed by atoms with Crippen LogP contribution in [0.4, 0.5) is 13.2 Å². The number of hydrogen-bond donors (Lipinski definition) is 1. The second-order valence-corrected chi connectivity index (χ2v) is 6.19. The van der Waals surface area contributed by atoms with Crippen molar-refractivity contribution in [2.45, 2.75) is 44.2 Å². The number of likely N-dealkylation sites (tertiary alicyclic amines) is 1. The maximum absolute atomic E-state index is 14.2. The summed E-state index contributed by atoms with van der Waals surface area (Å²) in [6.45, 7) is 1.32. The fourth-order valence-electron chi connectivity index (χ4n) is 3.53. The molecule has 1 aromatic rings. The van der Waals surface area contributed by atoms with Crippen molar-refractivity contribution in [2.24, 2.45) is 11.7 Å². The Kier molecular flexibility index (Phi) is 4.22. The van der Waals surface area contributed by atoms with Gasteiger partial charge in [-0.15, -0.1) is 0 Å². The predicted octanol–water partition coefficient (Wildman–Crippen LogP) is 3.37. The van der Waals surface area contributed by atoms with Crippen LogP contribution in [0, 0.1) is 23.4 Å². The largest absolute Gasteiger partial charge is 0.330 e. The van der Waals surface area contributed by atoms with Crippen LogP contribution in [-0.2, 0) is 0 Å². The Bertz CT molecular complexity index is 516. The van der Waals surface area contributed by atoms with E-state index in [0.29, 0.717) is 18.7 Å². The number of benzene rings is 1. The van der Waals surface area contributed by atoms with Crippen LogP contribution in [-0.4, -0.2) is 24.0 Å². The summed E-state index contributed by atoms with van der Waals surface area (Å²) in [4.78, 5) is 2.26. The molecule has 1 aromatic carbocycles. The molecule has 2 fully saturated rings. The Morgan fingerprint density at radius 2 is 1.71 bits per heavy atom. The molecule has 0 spiro atoms. The minimum absolute atomic E-state index is 0.0902. The van der Waals surface area contributed by atoms with E-state index >= 15 is 0 Å². The Morgan fingerprint density at radius 3 is 2.38 bits per heavy atom. The third-order valence-electron chi connectivity index (χ3n) is 4.72. The average Bonchev–Trinajstić information content (AvgIpc) is 3.28. The van der Waals surface area contributed by atoms with Gasteiger partial charge in [-0.3, -0.25) is 4.90 Å². The number of hydrogen-bond acceptors (Lipinski definition) is 2. The lowest BCUT2D eigenvalue weighted by Gasteiger charge is -2.35. The quantitative estimate of drug-likeness (QED) is 0.867. The molecule has 2 atom stereocenters. The summed E-state index contributed by atoms with van der Waals surface area (Å²) in [6, 6.07) is 1.89. The molecular weight excluding hydrogens is 277 g/mol. The van der Waals surface area contributed by atoms with Gasteiger partial charge in [0.1, 0.15) is 5.82 Å². The van der Waals surface area contributed by atoms with Gasteiger partial charge in [0.15, 0.2) is 11.6 Å².